The molecule has 64 heavy (non-hydrogen) atoms. The Bertz CT molecular complexity index is 1360. The molecule has 0 aliphatic heterocycles. The molecule has 0 heterocycles. The topological polar surface area (TPSA) is 132 Å². The average Bonchev–Trinajstić information content (AvgIpc) is 3.29. The number of aliphatic hydroxyl groups excluding tert-OH is 2. The van der Waals surface area contributed by atoms with Gasteiger partial charge in [0.1, 0.15) is 12.2 Å². The summed E-state index contributed by atoms with van der Waals surface area (Å²) in [5.74, 6) is -0.404. The van der Waals surface area contributed by atoms with Gasteiger partial charge in [0.2, 0.25) is 0 Å². The van der Waals surface area contributed by atoms with Crippen LogP contribution in [0.1, 0.15) is 181 Å². The number of phosphoric ester groups is 1. The molecule has 3 atom stereocenters. The number of unbranched alkanes of at least 4 members (excludes halogenated alkanes) is 14. The maximum absolute atomic E-state index is 12.7. The Morgan fingerprint density at radius 1 is 0.484 bits per heavy atom. The molecule has 0 radical (unpaired) electrons. The van der Waals surface area contributed by atoms with Gasteiger partial charge in [-0.1, -0.05) is 187 Å². The van der Waals surface area contributed by atoms with Crippen LogP contribution in [0.3, 0.4) is 0 Å². The van der Waals surface area contributed by atoms with Crippen LogP contribution >= 0.6 is 7.82 Å². The van der Waals surface area contributed by atoms with Crippen molar-refractivity contribution >= 4 is 13.8 Å². The van der Waals surface area contributed by atoms with E-state index in [0.717, 1.165) is 122 Å². The van der Waals surface area contributed by atoms with Crippen LogP contribution in [0.15, 0.2) is 109 Å². The van der Waals surface area contributed by atoms with Gasteiger partial charge in [0.05, 0.1) is 26.4 Å². The zero-order chi connectivity index (χ0) is 46.7. The van der Waals surface area contributed by atoms with Crippen molar-refractivity contribution in [2.75, 3.05) is 33.0 Å². The molecule has 0 saturated carbocycles. The van der Waals surface area contributed by atoms with Crippen molar-refractivity contribution in [1.82, 2.24) is 0 Å². The molecule has 0 aliphatic carbocycles. The zero-order valence-electron chi connectivity index (χ0n) is 40.2. The van der Waals surface area contributed by atoms with E-state index in [0.29, 0.717) is 13.0 Å². The molecule has 0 aromatic heterocycles. The van der Waals surface area contributed by atoms with Crippen LogP contribution in [0.4, 0.5) is 0 Å². The third-order valence-electron chi connectivity index (χ3n) is 9.95. The quantitative estimate of drug-likeness (QED) is 0.0236. The van der Waals surface area contributed by atoms with E-state index in [-0.39, 0.29) is 13.0 Å². The number of rotatable bonds is 46. The van der Waals surface area contributed by atoms with Gasteiger partial charge in [0.25, 0.3) is 0 Å². The molecule has 0 fully saturated rings. The molecule has 3 unspecified atom stereocenters. The van der Waals surface area contributed by atoms with Gasteiger partial charge in [-0.05, 0) is 96.3 Å². The van der Waals surface area contributed by atoms with Gasteiger partial charge < -0.3 is 24.6 Å². The van der Waals surface area contributed by atoms with E-state index in [1.54, 1.807) is 0 Å². The summed E-state index contributed by atoms with van der Waals surface area (Å²) >= 11 is 0. The smallest absolute Gasteiger partial charge is 0.457 e. The number of hydrogen-bond acceptors (Lipinski definition) is 8. The molecule has 10 heteroatoms. The minimum Gasteiger partial charge on any atom is -0.457 e. The third kappa shape index (κ3) is 48.6. The summed E-state index contributed by atoms with van der Waals surface area (Å²) in [6.07, 6.45) is 64.8. The lowest BCUT2D eigenvalue weighted by Crippen LogP contribution is -2.29. The van der Waals surface area contributed by atoms with Crippen molar-refractivity contribution in [3.05, 3.63) is 109 Å². The van der Waals surface area contributed by atoms with Gasteiger partial charge in [-0.25, -0.2) is 4.57 Å². The Balaban J connectivity index is 4.16. The molecule has 9 nitrogen and oxygen atoms in total. The van der Waals surface area contributed by atoms with E-state index < -0.39 is 45.8 Å². The fraction of sp³-hybridized carbons (Fsp3) is 0.648. The molecular formula is C54H91O9P. The summed E-state index contributed by atoms with van der Waals surface area (Å²) in [5, 5.41) is 18.4. The van der Waals surface area contributed by atoms with Gasteiger partial charge >= 0.3 is 13.8 Å². The van der Waals surface area contributed by atoms with E-state index in [1.807, 2.05) is 0 Å². The molecule has 0 aromatic rings. The highest BCUT2D eigenvalue weighted by Gasteiger charge is 2.26. The first-order valence-electron chi connectivity index (χ1n) is 24.9. The summed E-state index contributed by atoms with van der Waals surface area (Å²) in [4.78, 5) is 22.7. The first-order chi connectivity index (χ1) is 31.3. The Morgan fingerprint density at radius 3 is 1.27 bits per heavy atom. The minimum absolute atomic E-state index is 0.0299. The summed E-state index contributed by atoms with van der Waals surface area (Å²) in [6, 6.07) is 0. The molecular weight excluding hydrogens is 824 g/mol. The Hall–Kier alpha value is -2.88. The van der Waals surface area contributed by atoms with Gasteiger partial charge in [-0.3, -0.25) is 13.8 Å². The predicted molar refractivity (Wildman–Crippen MR) is 269 cm³/mol. The number of aliphatic hydroxyl groups is 2. The number of ether oxygens (including phenoxy) is 2. The molecule has 0 spiro atoms. The molecule has 3 N–H and O–H groups in total. The largest absolute Gasteiger partial charge is 0.472 e. The van der Waals surface area contributed by atoms with Crippen LogP contribution in [-0.4, -0.2) is 66.3 Å². The molecule has 366 valence electrons. The van der Waals surface area contributed by atoms with E-state index in [1.165, 1.54) is 32.1 Å². The van der Waals surface area contributed by atoms with E-state index >= 15 is 0 Å². The Kier molecular flexibility index (Phi) is 47.3. The highest BCUT2D eigenvalue weighted by Crippen LogP contribution is 2.43. The fourth-order valence-corrected chi connectivity index (χ4v) is 7.04. The molecule has 0 saturated heterocycles. The second-order valence-corrected chi connectivity index (χ2v) is 17.5. The Labute approximate surface area is 390 Å². The first kappa shape index (κ1) is 61.1. The van der Waals surface area contributed by atoms with Gasteiger partial charge in [-0.15, -0.1) is 0 Å². The maximum atomic E-state index is 12.7. The van der Waals surface area contributed by atoms with Gasteiger partial charge in [0, 0.05) is 13.0 Å². The van der Waals surface area contributed by atoms with Crippen LogP contribution in [0.2, 0.25) is 0 Å². The van der Waals surface area contributed by atoms with Crippen LogP contribution < -0.4 is 0 Å². The van der Waals surface area contributed by atoms with Crippen LogP contribution in [0.5, 0.6) is 0 Å². The maximum Gasteiger partial charge on any atom is 0.472 e. The van der Waals surface area contributed by atoms with Crippen LogP contribution in [0.25, 0.3) is 0 Å². The number of esters is 1. The second-order valence-electron chi connectivity index (χ2n) is 16.1. The highest BCUT2D eigenvalue weighted by atomic mass is 31.2. The van der Waals surface area contributed by atoms with Crippen molar-refractivity contribution < 1.29 is 43.0 Å². The van der Waals surface area contributed by atoms with E-state index in [4.69, 9.17) is 23.6 Å². The highest BCUT2D eigenvalue weighted by molar-refractivity contribution is 7.47. The van der Waals surface area contributed by atoms with Crippen molar-refractivity contribution in [3.8, 4) is 0 Å². The standard InChI is InChI=1S/C54H91O9P/c1-3-5-7-9-11-13-15-17-19-21-23-24-25-26-27-29-31-33-35-37-39-41-43-45-47-60-50-53(51-62-64(58,59)61-49-52(56)48-55)63-54(57)46-44-42-40-38-36-34-32-30-28-22-20-18-16-14-12-10-8-6-4-2/h5-8,11-14,17-20,23-24,26-28,30,52-53,55-56H,3-4,9-10,15-16,21-22,25,29,31-51H2,1-2H3,(H,58,59)/b7-5-,8-6-,13-11-,14-12-,19-17-,20-18-,24-23-,27-26-,30-28-. The number of carbonyl (C=O) groups is 1. The van der Waals surface area contributed by atoms with Crippen molar-refractivity contribution in [2.45, 2.75) is 193 Å². The summed E-state index contributed by atoms with van der Waals surface area (Å²) in [6.45, 7) is 3.23. The molecule has 0 aliphatic rings. The van der Waals surface area contributed by atoms with E-state index in [2.05, 4.69) is 123 Å². The van der Waals surface area contributed by atoms with Gasteiger partial charge in [0.15, 0.2) is 0 Å². The lowest BCUT2D eigenvalue weighted by Gasteiger charge is -2.20. The summed E-state index contributed by atoms with van der Waals surface area (Å²) in [5.41, 5.74) is 0. The third-order valence-corrected chi connectivity index (χ3v) is 10.9. The molecule has 0 aromatic carbocycles. The molecule has 0 bridgehead atoms. The minimum atomic E-state index is -4.54. The fourth-order valence-electron chi connectivity index (χ4n) is 6.26. The van der Waals surface area contributed by atoms with Crippen LogP contribution in [0, 0.1) is 0 Å². The number of phosphoric acid groups is 1. The first-order valence-corrected chi connectivity index (χ1v) is 26.4. The Morgan fingerprint density at radius 2 is 0.844 bits per heavy atom. The normalized spacial score (nSPS) is 14.8. The summed E-state index contributed by atoms with van der Waals surface area (Å²) in [7, 11) is -4.54. The second kappa shape index (κ2) is 49.6. The van der Waals surface area contributed by atoms with Crippen LogP contribution in [-0.2, 0) is 27.9 Å². The van der Waals surface area contributed by atoms with Gasteiger partial charge in [-0.2, -0.15) is 0 Å². The molecule has 0 amide bonds. The lowest BCUT2D eigenvalue weighted by atomic mass is 10.1. The monoisotopic (exact) mass is 915 g/mol. The molecule has 0 rings (SSSR count). The van der Waals surface area contributed by atoms with Crippen molar-refractivity contribution in [3.63, 3.8) is 0 Å². The van der Waals surface area contributed by atoms with Crippen molar-refractivity contribution in [2.24, 2.45) is 0 Å². The lowest BCUT2D eigenvalue weighted by molar-refractivity contribution is -0.154. The SMILES string of the molecule is CC/C=C\C/C=C\C/C=C\C/C=C\C/C=C\CCCCCCCCCCOCC(COP(=O)(O)OCC(O)CO)OC(=O)CCCCCCCC/C=C\C/C=C\C/C=C\C/C=C\CC. The average molecular weight is 915 g/mol. The van der Waals surface area contributed by atoms with E-state index in [9.17, 15) is 19.4 Å². The number of hydrogen-bond donors (Lipinski definition) is 3. The zero-order valence-corrected chi connectivity index (χ0v) is 41.1. The predicted octanol–water partition coefficient (Wildman–Crippen LogP) is 14.6. The number of allylic oxidation sites excluding steroid dienone is 18. The summed E-state index contributed by atoms with van der Waals surface area (Å²) < 4.78 is 33.5. The number of carbonyl (C=O) groups excluding carboxylic acids is 1. The van der Waals surface area contributed by atoms with Crippen molar-refractivity contribution in [1.29, 1.82) is 0 Å².